The van der Waals surface area contributed by atoms with E-state index >= 15 is 0 Å². The number of nitrogens with zero attached hydrogens (tertiary/aromatic N) is 1. The van der Waals surface area contributed by atoms with Crippen molar-refractivity contribution < 1.29 is 9.90 Å². The van der Waals surface area contributed by atoms with Gasteiger partial charge < -0.3 is 15.0 Å². The van der Waals surface area contributed by atoms with Gasteiger partial charge in [-0.15, -0.1) is 0 Å². The topological polar surface area (TPSA) is 73.4 Å². The molecule has 2 heterocycles. The molecule has 29 heavy (non-hydrogen) atoms. The highest BCUT2D eigenvalue weighted by Crippen LogP contribution is 2.35. The van der Waals surface area contributed by atoms with E-state index in [1.54, 1.807) is 11.0 Å². The summed E-state index contributed by atoms with van der Waals surface area (Å²) < 4.78 is 0. The second-order valence-electron chi connectivity index (χ2n) is 8.48. The number of piperidine rings is 1. The number of hydrogen-bond donors (Lipinski definition) is 2. The molecular formula is C23H27ClN2O3. The summed E-state index contributed by atoms with van der Waals surface area (Å²) in [5.74, 6) is -0.197. The van der Waals surface area contributed by atoms with Crippen molar-refractivity contribution in [3.8, 4) is 0 Å². The maximum atomic E-state index is 13.0. The van der Waals surface area contributed by atoms with Crippen LogP contribution in [0.25, 0.3) is 0 Å². The number of halogens is 1. The number of benzene rings is 1. The van der Waals surface area contributed by atoms with Crippen LogP contribution in [0.2, 0.25) is 5.02 Å². The van der Waals surface area contributed by atoms with Crippen LogP contribution >= 0.6 is 11.6 Å². The van der Waals surface area contributed by atoms with Crippen LogP contribution in [0, 0.1) is 5.41 Å². The Balaban J connectivity index is 1.46. The van der Waals surface area contributed by atoms with E-state index in [0.717, 1.165) is 48.9 Å². The largest absolute Gasteiger partial charge is 0.396 e. The van der Waals surface area contributed by atoms with Gasteiger partial charge in [0.2, 0.25) is 0 Å². The number of aryl methyl sites for hydroxylation is 2. The summed E-state index contributed by atoms with van der Waals surface area (Å²) in [6.07, 6.45) is 6.15. The number of carbonyl (C=O) groups excluding carboxylic acids is 1. The Morgan fingerprint density at radius 3 is 2.52 bits per heavy atom. The van der Waals surface area contributed by atoms with Gasteiger partial charge in [0, 0.05) is 35.8 Å². The zero-order chi connectivity index (χ0) is 20.4. The molecule has 4 rings (SSSR count). The Hall–Kier alpha value is -2.11. The molecule has 2 N–H and O–H groups in total. The number of amides is 1. The highest BCUT2D eigenvalue weighted by molar-refractivity contribution is 6.30. The summed E-state index contributed by atoms with van der Waals surface area (Å²) in [5, 5.41) is 10.8. The van der Waals surface area contributed by atoms with Gasteiger partial charge in [0.05, 0.1) is 0 Å². The number of hydrogen-bond acceptors (Lipinski definition) is 3. The monoisotopic (exact) mass is 414 g/mol. The van der Waals surface area contributed by atoms with Crippen molar-refractivity contribution in [2.24, 2.45) is 5.41 Å². The van der Waals surface area contributed by atoms with Crippen molar-refractivity contribution in [2.75, 3.05) is 19.7 Å². The van der Waals surface area contributed by atoms with E-state index in [9.17, 15) is 14.7 Å². The molecule has 5 nitrogen and oxygen atoms in total. The molecule has 0 bridgehead atoms. The number of aromatic amines is 1. The zero-order valence-electron chi connectivity index (χ0n) is 16.5. The second kappa shape index (κ2) is 8.33. The molecule has 2 aliphatic rings. The molecule has 2 aromatic rings. The van der Waals surface area contributed by atoms with Gasteiger partial charge >= 0.3 is 0 Å². The lowest BCUT2D eigenvalue weighted by Gasteiger charge is -2.41. The first-order chi connectivity index (χ1) is 14.0. The SMILES string of the molecule is O=C(c1cc2c([nH]c1=O)CCCC2)N1CCC(CO)(Cc2ccc(Cl)cc2)CC1. The number of fused-ring (bicyclic) bond motifs is 1. The average molecular weight is 415 g/mol. The van der Waals surface area contributed by atoms with Crippen molar-refractivity contribution in [1.82, 2.24) is 9.88 Å². The van der Waals surface area contributed by atoms with E-state index in [1.807, 2.05) is 24.3 Å². The fraction of sp³-hybridized carbons (Fsp3) is 0.478. The number of pyridine rings is 1. The molecule has 6 heteroatoms. The highest BCUT2D eigenvalue weighted by atomic mass is 35.5. The minimum absolute atomic E-state index is 0.0804. The summed E-state index contributed by atoms with van der Waals surface area (Å²) in [6.45, 7) is 1.17. The number of aromatic nitrogens is 1. The fourth-order valence-electron chi connectivity index (χ4n) is 4.61. The summed E-state index contributed by atoms with van der Waals surface area (Å²) >= 11 is 5.97. The number of likely N-dealkylation sites (tertiary alicyclic amines) is 1. The van der Waals surface area contributed by atoms with Gasteiger partial charge in [-0.1, -0.05) is 23.7 Å². The van der Waals surface area contributed by atoms with Crippen LogP contribution < -0.4 is 5.56 Å². The number of rotatable bonds is 4. The molecule has 0 atom stereocenters. The van der Waals surface area contributed by atoms with E-state index in [4.69, 9.17) is 11.6 Å². The number of carbonyl (C=O) groups is 1. The van der Waals surface area contributed by atoms with E-state index in [1.165, 1.54) is 0 Å². The lowest BCUT2D eigenvalue weighted by Crippen LogP contribution is -2.46. The van der Waals surface area contributed by atoms with Crippen LogP contribution in [0.3, 0.4) is 0 Å². The van der Waals surface area contributed by atoms with Gasteiger partial charge in [0.1, 0.15) is 5.56 Å². The minimum atomic E-state index is -0.282. The Labute approximate surface area is 175 Å². The molecule has 0 saturated carbocycles. The molecule has 0 unspecified atom stereocenters. The van der Waals surface area contributed by atoms with Gasteiger partial charge in [0.25, 0.3) is 11.5 Å². The zero-order valence-corrected chi connectivity index (χ0v) is 17.3. The van der Waals surface area contributed by atoms with E-state index in [0.29, 0.717) is 31.0 Å². The number of nitrogens with one attached hydrogen (secondary N) is 1. The van der Waals surface area contributed by atoms with Gasteiger partial charge in [0.15, 0.2) is 0 Å². The number of aliphatic hydroxyl groups is 1. The maximum absolute atomic E-state index is 13.0. The normalized spacial score (nSPS) is 18.3. The van der Waals surface area contributed by atoms with E-state index in [2.05, 4.69) is 4.98 Å². The smallest absolute Gasteiger partial charge is 0.261 e. The summed E-state index contributed by atoms with van der Waals surface area (Å²) in [7, 11) is 0. The molecule has 1 aliphatic carbocycles. The second-order valence-corrected chi connectivity index (χ2v) is 8.91. The van der Waals surface area contributed by atoms with Crippen LogP contribution in [-0.4, -0.2) is 40.6 Å². The minimum Gasteiger partial charge on any atom is -0.396 e. The standard InChI is InChI=1S/C23H27ClN2O3/c24-18-7-5-16(6-8-18)14-23(15-27)9-11-26(12-10-23)22(29)19-13-17-3-1-2-4-20(17)25-21(19)28/h5-8,13,27H,1-4,9-12,14-15H2,(H,25,28). The van der Waals surface area contributed by atoms with Crippen LogP contribution in [0.15, 0.2) is 35.1 Å². The number of H-pyrrole nitrogens is 1. The van der Waals surface area contributed by atoms with E-state index < -0.39 is 0 Å². The van der Waals surface area contributed by atoms with Crippen molar-refractivity contribution in [3.05, 3.63) is 68.1 Å². The van der Waals surface area contributed by atoms with Crippen molar-refractivity contribution >= 4 is 17.5 Å². The Kier molecular flexibility index (Phi) is 5.79. The molecule has 1 amide bonds. The lowest BCUT2D eigenvalue weighted by molar-refractivity contribution is 0.0357. The Bertz CT molecular complexity index is 944. The Morgan fingerprint density at radius 2 is 1.83 bits per heavy atom. The third kappa shape index (κ3) is 4.26. The predicted molar refractivity (Wildman–Crippen MR) is 114 cm³/mol. The van der Waals surface area contributed by atoms with Gasteiger partial charge in [-0.2, -0.15) is 0 Å². The Morgan fingerprint density at radius 1 is 1.14 bits per heavy atom. The average Bonchev–Trinajstić information content (AvgIpc) is 2.75. The molecule has 1 saturated heterocycles. The molecule has 154 valence electrons. The summed E-state index contributed by atoms with van der Waals surface area (Å²) in [4.78, 5) is 30.2. The summed E-state index contributed by atoms with van der Waals surface area (Å²) in [5.41, 5.74) is 2.94. The van der Waals surface area contributed by atoms with Crippen LogP contribution in [0.5, 0.6) is 0 Å². The molecule has 1 fully saturated rings. The van der Waals surface area contributed by atoms with Crippen LogP contribution in [0.1, 0.15) is 52.9 Å². The van der Waals surface area contributed by atoms with Crippen molar-refractivity contribution in [1.29, 1.82) is 0 Å². The van der Waals surface area contributed by atoms with Crippen LogP contribution in [-0.2, 0) is 19.3 Å². The third-order valence-electron chi connectivity index (χ3n) is 6.51. The first kappa shape index (κ1) is 20.2. The molecule has 0 spiro atoms. The molecular weight excluding hydrogens is 388 g/mol. The lowest BCUT2D eigenvalue weighted by atomic mass is 9.74. The molecule has 1 aromatic heterocycles. The highest BCUT2D eigenvalue weighted by Gasteiger charge is 2.36. The fourth-order valence-corrected chi connectivity index (χ4v) is 4.74. The third-order valence-corrected chi connectivity index (χ3v) is 6.76. The van der Waals surface area contributed by atoms with Crippen molar-refractivity contribution in [3.63, 3.8) is 0 Å². The quantitative estimate of drug-likeness (QED) is 0.805. The van der Waals surface area contributed by atoms with Crippen LogP contribution in [0.4, 0.5) is 0 Å². The maximum Gasteiger partial charge on any atom is 0.261 e. The van der Waals surface area contributed by atoms with Gasteiger partial charge in [-0.05, 0) is 74.3 Å². The van der Waals surface area contributed by atoms with Crippen molar-refractivity contribution in [2.45, 2.75) is 44.9 Å². The van der Waals surface area contributed by atoms with Gasteiger partial charge in [-0.25, -0.2) is 0 Å². The van der Waals surface area contributed by atoms with Gasteiger partial charge in [-0.3, -0.25) is 9.59 Å². The molecule has 1 aromatic carbocycles. The number of aliphatic hydroxyl groups excluding tert-OH is 1. The van der Waals surface area contributed by atoms with E-state index in [-0.39, 0.29) is 29.1 Å². The first-order valence-corrected chi connectivity index (χ1v) is 10.8. The first-order valence-electron chi connectivity index (χ1n) is 10.4. The predicted octanol–water partition coefficient (Wildman–Crippen LogP) is 3.36. The molecule has 0 radical (unpaired) electrons. The summed E-state index contributed by atoms with van der Waals surface area (Å²) in [6, 6.07) is 9.51. The molecule has 1 aliphatic heterocycles.